The Labute approximate surface area is 99.5 Å². The molecule has 0 radical (unpaired) electrons. The highest BCUT2D eigenvalue weighted by molar-refractivity contribution is 6.05. The lowest BCUT2D eigenvalue weighted by Crippen LogP contribution is -2.27. The minimum atomic E-state index is -0.354. The summed E-state index contributed by atoms with van der Waals surface area (Å²) in [6.07, 6.45) is 1.11. The van der Waals surface area contributed by atoms with Gasteiger partial charge in [0.15, 0.2) is 0 Å². The van der Waals surface area contributed by atoms with Crippen LogP contribution in [0.5, 0.6) is 0 Å². The largest absolute Gasteiger partial charge is 0.403 e. The van der Waals surface area contributed by atoms with Gasteiger partial charge in [-0.1, -0.05) is 0 Å². The van der Waals surface area contributed by atoms with Gasteiger partial charge >= 0.3 is 0 Å². The molecule has 0 bridgehead atoms. The van der Waals surface area contributed by atoms with Crippen LogP contribution in [-0.4, -0.2) is 19.7 Å². The smallest absolute Gasteiger partial charge is 0.278 e. The number of nitrogens with two attached hydrogens (primary N) is 1. The summed E-state index contributed by atoms with van der Waals surface area (Å²) in [5, 5.41) is 8.66. The third kappa shape index (κ3) is 2.69. The topological polar surface area (TPSA) is 82.5 Å². The third-order valence-corrected chi connectivity index (χ3v) is 2.24. The number of rotatable bonds is 3. The molecule has 5 nitrogen and oxygen atoms in total. The van der Waals surface area contributed by atoms with Gasteiger partial charge in [0, 0.05) is 18.9 Å². The molecule has 0 aromatic heterocycles. The van der Waals surface area contributed by atoms with E-state index in [1.807, 2.05) is 6.07 Å². The summed E-state index contributed by atoms with van der Waals surface area (Å²) in [6, 6.07) is 8.62. The second-order valence-corrected chi connectivity index (χ2v) is 3.23. The zero-order valence-electron chi connectivity index (χ0n) is 9.42. The second kappa shape index (κ2) is 5.47. The van der Waals surface area contributed by atoms with E-state index in [4.69, 9.17) is 11.0 Å². The summed E-state index contributed by atoms with van der Waals surface area (Å²) in [7, 11) is 1.60. The molecule has 86 valence electrons. The fourth-order valence-corrected chi connectivity index (χ4v) is 1.24. The van der Waals surface area contributed by atoms with E-state index in [2.05, 4.69) is 11.7 Å². The van der Waals surface area contributed by atoms with Gasteiger partial charge in [-0.05, 0) is 31.0 Å². The number of nitriles is 1. The van der Waals surface area contributed by atoms with Crippen molar-refractivity contribution in [2.24, 2.45) is 10.7 Å². The van der Waals surface area contributed by atoms with Gasteiger partial charge < -0.3 is 10.6 Å². The molecule has 0 fully saturated rings. The van der Waals surface area contributed by atoms with Crippen molar-refractivity contribution < 1.29 is 4.79 Å². The molecular formula is C12H12N4O. The van der Waals surface area contributed by atoms with Gasteiger partial charge in [-0.2, -0.15) is 5.26 Å². The minimum absolute atomic E-state index is 0.0804. The quantitative estimate of drug-likeness (QED) is 0.619. The number of benzene rings is 1. The van der Waals surface area contributed by atoms with Crippen molar-refractivity contribution in [2.75, 3.05) is 11.9 Å². The molecule has 1 rings (SSSR count). The Kier molecular flexibility index (Phi) is 4.01. The molecule has 0 unspecified atom stereocenters. The van der Waals surface area contributed by atoms with Crippen molar-refractivity contribution in [1.82, 2.24) is 0 Å². The third-order valence-electron chi connectivity index (χ3n) is 2.24. The number of hydrogen-bond acceptors (Lipinski definition) is 4. The van der Waals surface area contributed by atoms with Gasteiger partial charge in [-0.3, -0.25) is 9.79 Å². The van der Waals surface area contributed by atoms with Crippen molar-refractivity contribution >= 4 is 18.3 Å². The molecule has 0 saturated carbocycles. The Hall–Kier alpha value is -2.61. The van der Waals surface area contributed by atoms with Gasteiger partial charge in [0.1, 0.15) is 5.70 Å². The average molecular weight is 228 g/mol. The van der Waals surface area contributed by atoms with Crippen LogP contribution in [0.25, 0.3) is 0 Å². The van der Waals surface area contributed by atoms with Crippen LogP contribution in [-0.2, 0) is 4.79 Å². The summed E-state index contributed by atoms with van der Waals surface area (Å²) in [4.78, 5) is 16.8. The van der Waals surface area contributed by atoms with Crippen molar-refractivity contribution in [1.29, 1.82) is 5.26 Å². The number of nitrogens with zero attached hydrogens (tertiary/aromatic N) is 3. The van der Waals surface area contributed by atoms with E-state index in [9.17, 15) is 4.79 Å². The number of amides is 1. The molecule has 17 heavy (non-hydrogen) atoms. The maximum atomic E-state index is 11.8. The number of carbonyl (C=O) groups is 1. The Bertz CT molecular complexity index is 496. The van der Waals surface area contributed by atoms with Crippen LogP contribution in [0.3, 0.4) is 0 Å². The van der Waals surface area contributed by atoms with Crippen LogP contribution in [0, 0.1) is 11.3 Å². The summed E-state index contributed by atoms with van der Waals surface area (Å²) in [6.45, 7) is 3.27. The van der Waals surface area contributed by atoms with E-state index >= 15 is 0 Å². The first-order valence-electron chi connectivity index (χ1n) is 4.81. The molecule has 5 heteroatoms. The number of likely N-dealkylation sites (N-methyl/N-ethyl adjacent to an activating group) is 1. The fourth-order valence-electron chi connectivity index (χ4n) is 1.24. The maximum absolute atomic E-state index is 11.8. The standard InChI is InChI=1S/C12H12N4O/c1-15-11(8-14)12(17)16(2)10-5-3-9(7-13)4-6-10/h3-6,8H,1,14H2,2H3/b11-8-. The number of aliphatic imine (C=N–C) groups is 1. The minimum Gasteiger partial charge on any atom is -0.403 e. The van der Waals surface area contributed by atoms with Crippen LogP contribution < -0.4 is 10.6 Å². The molecule has 0 atom stereocenters. The molecule has 0 heterocycles. The van der Waals surface area contributed by atoms with Crippen molar-refractivity contribution in [3.8, 4) is 6.07 Å². The highest BCUT2D eigenvalue weighted by Gasteiger charge is 2.14. The molecule has 1 amide bonds. The van der Waals surface area contributed by atoms with E-state index in [-0.39, 0.29) is 11.6 Å². The molecule has 0 spiro atoms. The normalized spacial score (nSPS) is 10.5. The lowest BCUT2D eigenvalue weighted by Gasteiger charge is -2.16. The number of anilines is 1. The molecule has 1 aromatic carbocycles. The van der Waals surface area contributed by atoms with Gasteiger partial charge in [0.05, 0.1) is 11.6 Å². The predicted octanol–water partition coefficient (Wildman–Crippen LogP) is 1.02. The van der Waals surface area contributed by atoms with Crippen molar-refractivity contribution in [3.05, 3.63) is 41.7 Å². The van der Waals surface area contributed by atoms with Crippen molar-refractivity contribution in [2.45, 2.75) is 0 Å². The summed E-state index contributed by atoms with van der Waals surface area (Å²) in [5.41, 5.74) is 6.52. The molecular weight excluding hydrogens is 216 g/mol. The van der Waals surface area contributed by atoms with E-state index < -0.39 is 0 Å². The highest BCUT2D eigenvalue weighted by atomic mass is 16.2. The van der Waals surface area contributed by atoms with Crippen LogP contribution >= 0.6 is 0 Å². The Morgan fingerprint density at radius 2 is 2.12 bits per heavy atom. The van der Waals surface area contributed by atoms with Crippen LogP contribution in [0.2, 0.25) is 0 Å². The van der Waals surface area contributed by atoms with Crippen LogP contribution in [0.4, 0.5) is 5.69 Å². The van der Waals surface area contributed by atoms with Gasteiger partial charge in [-0.15, -0.1) is 0 Å². The average Bonchev–Trinajstić information content (AvgIpc) is 2.39. The monoisotopic (exact) mass is 228 g/mol. The van der Waals surface area contributed by atoms with E-state index in [1.54, 1.807) is 31.3 Å². The lowest BCUT2D eigenvalue weighted by molar-refractivity contribution is -0.114. The zero-order chi connectivity index (χ0) is 12.8. The predicted molar refractivity (Wildman–Crippen MR) is 66.4 cm³/mol. The van der Waals surface area contributed by atoms with Gasteiger partial charge in [-0.25, -0.2) is 0 Å². The fraction of sp³-hybridized carbons (Fsp3) is 0.0833. The van der Waals surface area contributed by atoms with E-state index in [1.165, 1.54) is 4.90 Å². The first kappa shape index (κ1) is 12.5. The molecule has 1 aromatic rings. The maximum Gasteiger partial charge on any atom is 0.278 e. The SMILES string of the molecule is C=N/C(=C\N)C(=O)N(C)c1ccc(C#N)cc1. The molecule has 0 aliphatic heterocycles. The van der Waals surface area contributed by atoms with Crippen LogP contribution in [0.1, 0.15) is 5.56 Å². The zero-order valence-corrected chi connectivity index (χ0v) is 9.42. The van der Waals surface area contributed by atoms with Crippen molar-refractivity contribution in [3.63, 3.8) is 0 Å². The van der Waals surface area contributed by atoms with E-state index in [0.29, 0.717) is 11.3 Å². The van der Waals surface area contributed by atoms with Gasteiger partial charge in [0.2, 0.25) is 0 Å². The Morgan fingerprint density at radius 1 is 1.53 bits per heavy atom. The Morgan fingerprint density at radius 3 is 2.53 bits per heavy atom. The van der Waals surface area contributed by atoms with Crippen LogP contribution in [0.15, 0.2) is 41.2 Å². The van der Waals surface area contributed by atoms with E-state index in [0.717, 1.165) is 6.20 Å². The first-order chi connectivity index (χ1) is 8.13. The summed E-state index contributed by atoms with van der Waals surface area (Å²) >= 11 is 0. The summed E-state index contributed by atoms with van der Waals surface area (Å²) in [5.74, 6) is -0.354. The molecule has 0 saturated heterocycles. The molecule has 0 aliphatic carbocycles. The summed E-state index contributed by atoms with van der Waals surface area (Å²) < 4.78 is 0. The molecule has 2 N–H and O–H groups in total. The van der Waals surface area contributed by atoms with Gasteiger partial charge in [0.25, 0.3) is 5.91 Å². The number of carbonyl (C=O) groups excluding carboxylic acids is 1. The second-order valence-electron chi connectivity index (χ2n) is 3.23. The molecule has 0 aliphatic rings. The highest BCUT2D eigenvalue weighted by Crippen LogP contribution is 2.15. The Balaban J connectivity index is 2.97. The number of hydrogen-bond donors (Lipinski definition) is 1. The lowest BCUT2D eigenvalue weighted by atomic mass is 10.2. The first-order valence-corrected chi connectivity index (χ1v) is 4.81.